The first-order valence-electron chi connectivity index (χ1n) is 7.36. The Bertz CT molecular complexity index is 924. The van der Waals surface area contributed by atoms with Crippen molar-refractivity contribution in [3.05, 3.63) is 58.8 Å². The molecule has 0 saturated carbocycles. The predicted octanol–water partition coefficient (Wildman–Crippen LogP) is 3.43. The third kappa shape index (κ3) is 4.25. The van der Waals surface area contributed by atoms with E-state index in [1.165, 1.54) is 0 Å². The van der Waals surface area contributed by atoms with Crippen molar-refractivity contribution in [3.8, 4) is 0 Å². The van der Waals surface area contributed by atoms with Crippen LogP contribution in [0.25, 0.3) is 5.65 Å². The van der Waals surface area contributed by atoms with E-state index in [1.807, 2.05) is 55.6 Å². The topological polar surface area (TPSA) is 82.5 Å². The van der Waals surface area contributed by atoms with Crippen LogP contribution in [-0.2, 0) is 0 Å². The first kappa shape index (κ1) is 17.2. The minimum Gasteiger partial charge on any atom is -0.331 e. The number of pyridine rings is 1. The maximum atomic E-state index is 12.1. The maximum Gasteiger partial charge on any atom is 0.339 e. The molecule has 0 radical (unpaired) electrons. The van der Waals surface area contributed by atoms with Crippen LogP contribution in [0.2, 0.25) is 0 Å². The van der Waals surface area contributed by atoms with E-state index in [0.717, 1.165) is 21.5 Å². The lowest BCUT2D eigenvalue weighted by Gasteiger charge is -2.12. The van der Waals surface area contributed by atoms with Gasteiger partial charge in [-0.15, -0.1) is 0 Å². The fraction of sp³-hybridized carbons (Fsp3) is 0.0625. The van der Waals surface area contributed by atoms with Crippen molar-refractivity contribution in [2.75, 3.05) is 10.6 Å². The summed E-state index contributed by atoms with van der Waals surface area (Å²) in [4.78, 5) is 16.5. The molecule has 0 aliphatic rings. The highest BCUT2D eigenvalue weighted by Gasteiger charge is 2.11. The quantitative estimate of drug-likeness (QED) is 0.378. The van der Waals surface area contributed by atoms with Gasteiger partial charge < -0.3 is 5.32 Å². The number of thiocarbonyl (C=S) groups is 1. The Morgan fingerprint density at radius 3 is 2.64 bits per heavy atom. The summed E-state index contributed by atoms with van der Waals surface area (Å²) in [6.45, 7) is 1.83. The van der Waals surface area contributed by atoms with Crippen LogP contribution in [0.3, 0.4) is 0 Å². The highest BCUT2D eigenvalue weighted by molar-refractivity contribution is 9.10. The van der Waals surface area contributed by atoms with Crippen molar-refractivity contribution in [3.63, 3.8) is 0 Å². The number of hydrogen-bond donors (Lipinski definition) is 4. The number of aryl methyl sites for hydroxylation is 1. The molecule has 2 amide bonds. The molecule has 7 nitrogen and oxygen atoms in total. The summed E-state index contributed by atoms with van der Waals surface area (Å²) in [6, 6.07) is 12.7. The van der Waals surface area contributed by atoms with Crippen molar-refractivity contribution in [2.24, 2.45) is 0 Å². The van der Waals surface area contributed by atoms with E-state index >= 15 is 0 Å². The van der Waals surface area contributed by atoms with Gasteiger partial charge in [0.2, 0.25) is 0 Å². The van der Waals surface area contributed by atoms with Crippen LogP contribution in [0.5, 0.6) is 0 Å². The minimum absolute atomic E-state index is 0.271. The molecule has 0 unspecified atom stereocenters. The Balaban J connectivity index is 1.56. The maximum absolute atomic E-state index is 12.1. The average Bonchev–Trinajstić information content (AvgIpc) is 2.91. The molecule has 1 aromatic carbocycles. The van der Waals surface area contributed by atoms with E-state index in [0.29, 0.717) is 5.82 Å². The SMILES string of the molecule is Cc1nc2ccccn2c1NC(=O)NNC(=S)Nc1ccc(Br)cc1. The molecule has 0 spiro atoms. The molecule has 0 bridgehead atoms. The molecule has 3 aromatic rings. The van der Waals surface area contributed by atoms with Crippen molar-refractivity contribution in [2.45, 2.75) is 6.92 Å². The monoisotopic (exact) mass is 418 g/mol. The van der Waals surface area contributed by atoms with Crippen molar-refractivity contribution >= 4 is 56.4 Å². The lowest BCUT2D eigenvalue weighted by atomic mass is 10.3. The zero-order valence-corrected chi connectivity index (χ0v) is 15.6. The molecule has 3 rings (SSSR count). The Labute approximate surface area is 157 Å². The van der Waals surface area contributed by atoms with Crippen LogP contribution >= 0.6 is 28.1 Å². The lowest BCUT2D eigenvalue weighted by Crippen LogP contribution is -2.45. The highest BCUT2D eigenvalue weighted by atomic mass is 79.9. The lowest BCUT2D eigenvalue weighted by molar-refractivity contribution is 0.250. The number of nitrogens with one attached hydrogen (secondary N) is 4. The van der Waals surface area contributed by atoms with E-state index < -0.39 is 6.03 Å². The number of aromatic nitrogens is 2. The first-order valence-corrected chi connectivity index (χ1v) is 8.56. The van der Waals surface area contributed by atoms with E-state index in [2.05, 4.69) is 42.4 Å². The average molecular weight is 419 g/mol. The van der Waals surface area contributed by atoms with Crippen molar-refractivity contribution in [1.82, 2.24) is 20.2 Å². The number of nitrogens with zero attached hydrogens (tertiary/aromatic N) is 2. The number of benzene rings is 1. The van der Waals surface area contributed by atoms with Gasteiger partial charge in [-0.2, -0.15) is 0 Å². The number of amides is 2. The van der Waals surface area contributed by atoms with Gasteiger partial charge in [-0.05, 0) is 55.5 Å². The normalized spacial score (nSPS) is 10.3. The summed E-state index contributed by atoms with van der Waals surface area (Å²) < 4.78 is 2.77. The molecular weight excluding hydrogens is 404 g/mol. The number of hydrogen-bond acceptors (Lipinski definition) is 3. The number of fused-ring (bicyclic) bond motifs is 1. The Kier molecular flexibility index (Phi) is 5.15. The number of carbonyl (C=O) groups is 1. The van der Waals surface area contributed by atoms with Crippen LogP contribution in [-0.4, -0.2) is 20.5 Å². The van der Waals surface area contributed by atoms with Crippen LogP contribution in [0.4, 0.5) is 16.3 Å². The summed E-state index contributed by atoms with van der Waals surface area (Å²) in [7, 11) is 0. The Hall–Kier alpha value is -2.65. The van der Waals surface area contributed by atoms with Gasteiger partial charge in [-0.1, -0.05) is 22.0 Å². The number of rotatable bonds is 2. The summed E-state index contributed by atoms with van der Waals surface area (Å²) in [6.07, 6.45) is 1.83. The first-order chi connectivity index (χ1) is 12.0. The summed E-state index contributed by atoms with van der Waals surface area (Å²) in [5.74, 6) is 0.599. The van der Waals surface area contributed by atoms with Gasteiger partial charge in [0.25, 0.3) is 0 Å². The smallest absolute Gasteiger partial charge is 0.331 e. The van der Waals surface area contributed by atoms with E-state index in [-0.39, 0.29) is 5.11 Å². The molecule has 4 N–H and O–H groups in total. The molecule has 2 aromatic heterocycles. The van der Waals surface area contributed by atoms with Gasteiger partial charge in [0.05, 0.1) is 5.69 Å². The standard InChI is InChI=1S/C16H15BrN6OS/c1-10-14(23-9-3-2-4-13(23)18-10)20-15(24)21-22-16(25)19-12-7-5-11(17)6-8-12/h2-9H,1H3,(H2,19,22,25)(H2,20,21,24). The molecule has 0 saturated heterocycles. The number of halogens is 1. The Morgan fingerprint density at radius 2 is 1.88 bits per heavy atom. The number of carbonyl (C=O) groups excluding carboxylic acids is 1. The molecule has 128 valence electrons. The molecular formula is C16H15BrN6OS. The summed E-state index contributed by atoms with van der Waals surface area (Å²) in [5.41, 5.74) is 7.42. The molecule has 0 aliphatic heterocycles. The largest absolute Gasteiger partial charge is 0.339 e. The molecule has 0 atom stereocenters. The second-order valence-electron chi connectivity index (χ2n) is 5.14. The summed E-state index contributed by atoms with van der Waals surface area (Å²) in [5, 5.41) is 5.99. The second-order valence-corrected chi connectivity index (χ2v) is 6.46. The van der Waals surface area contributed by atoms with E-state index in [1.54, 1.807) is 4.40 Å². The van der Waals surface area contributed by atoms with Gasteiger partial charge >= 0.3 is 6.03 Å². The van der Waals surface area contributed by atoms with Crippen molar-refractivity contribution in [1.29, 1.82) is 0 Å². The number of hydrazine groups is 1. The van der Waals surface area contributed by atoms with Crippen LogP contribution < -0.4 is 21.5 Å². The zero-order valence-electron chi connectivity index (χ0n) is 13.2. The fourth-order valence-electron chi connectivity index (χ4n) is 2.21. The third-order valence-electron chi connectivity index (χ3n) is 3.33. The molecule has 0 aliphatic carbocycles. The molecule has 2 heterocycles. The van der Waals surface area contributed by atoms with Gasteiger partial charge in [-0.3, -0.25) is 15.1 Å². The number of imidazole rings is 1. The van der Waals surface area contributed by atoms with E-state index in [9.17, 15) is 4.79 Å². The molecule has 9 heteroatoms. The molecule has 0 fully saturated rings. The highest BCUT2D eigenvalue weighted by Crippen LogP contribution is 2.16. The van der Waals surface area contributed by atoms with Crippen LogP contribution in [0, 0.1) is 6.92 Å². The van der Waals surface area contributed by atoms with Gasteiger partial charge in [0.1, 0.15) is 11.5 Å². The number of urea groups is 1. The number of anilines is 2. The van der Waals surface area contributed by atoms with Gasteiger partial charge in [0, 0.05) is 16.4 Å². The third-order valence-corrected chi connectivity index (χ3v) is 4.06. The zero-order chi connectivity index (χ0) is 17.8. The Morgan fingerprint density at radius 1 is 1.12 bits per heavy atom. The molecule has 25 heavy (non-hydrogen) atoms. The van der Waals surface area contributed by atoms with E-state index in [4.69, 9.17) is 12.2 Å². The predicted molar refractivity (Wildman–Crippen MR) is 106 cm³/mol. The fourth-order valence-corrected chi connectivity index (χ4v) is 2.65. The van der Waals surface area contributed by atoms with Crippen LogP contribution in [0.15, 0.2) is 53.1 Å². The van der Waals surface area contributed by atoms with Gasteiger partial charge in [0.15, 0.2) is 5.11 Å². The van der Waals surface area contributed by atoms with Crippen molar-refractivity contribution < 1.29 is 4.79 Å². The van der Waals surface area contributed by atoms with Crippen LogP contribution in [0.1, 0.15) is 5.69 Å². The summed E-state index contributed by atoms with van der Waals surface area (Å²) >= 11 is 8.51. The minimum atomic E-state index is -0.450. The van der Waals surface area contributed by atoms with Gasteiger partial charge in [-0.25, -0.2) is 15.2 Å². The second kappa shape index (κ2) is 7.49.